The smallest absolute Gasteiger partial charge is 0.341 e. The molecule has 0 spiro atoms. The molecule has 9 nitrogen and oxygen atoms in total. The van der Waals surface area contributed by atoms with E-state index in [9.17, 15) is 19.2 Å². The molecule has 1 aliphatic rings. The van der Waals surface area contributed by atoms with E-state index < -0.39 is 24.5 Å². The predicted octanol–water partition coefficient (Wildman–Crippen LogP) is 3.33. The third kappa shape index (κ3) is 5.59. The van der Waals surface area contributed by atoms with E-state index in [1.165, 1.54) is 17.7 Å². The number of fused-ring (bicyclic) bond motifs is 2. The van der Waals surface area contributed by atoms with Crippen LogP contribution in [0, 0.1) is 5.92 Å². The Morgan fingerprint density at radius 2 is 2.03 bits per heavy atom. The average Bonchev–Trinajstić information content (AvgIpc) is 3.16. The van der Waals surface area contributed by atoms with Gasteiger partial charge in [-0.25, -0.2) is 9.78 Å². The van der Waals surface area contributed by atoms with E-state index >= 15 is 0 Å². The van der Waals surface area contributed by atoms with Crippen molar-refractivity contribution in [3.05, 3.63) is 57.0 Å². The Morgan fingerprint density at radius 1 is 1.26 bits per heavy atom. The molecule has 4 rings (SSSR count). The molecule has 1 aliphatic carbocycles. The SMILES string of the molecule is CC1CCc2c(sc(NC(=O)COC(=O)Cn3cnc4ccccc4c3=O)c2C(=O)OC(C)C)C1. The number of hydrogen-bond donors (Lipinski definition) is 1. The van der Waals surface area contributed by atoms with E-state index in [0.717, 1.165) is 34.3 Å². The molecule has 0 bridgehead atoms. The van der Waals surface area contributed by atoms with Crippen molar-refractivity contribution in [2.24, 2.45) is 5.92 Å². The van der Waals surface area contributed by atoms with Crippen molar-refractivity contribution in [2.75, 3.05) is 11.9 Å². The van der Waals surface area contributed by atoms with Crippen LogP contribution >= 0.6 is 11.3 Å². The van der Waals surface area contributed by atoms with Crippen molar-refractivity contribution < 1.29 is 23.9 Å². The number of thiophene rings is 1. The van der Waals surface area contributed by atoms with Gasteiger partial charge in [0, 0.05) is 4.88 Å². The molecular weight excluding hydrogens is 470 g/mol. The third-order valence-electron chi connectivity index (χ3n) is 5.71. The lowest BCUT2D eigenvalue weighted by Gasteiger charge is -2.18. The fourth-order valence-electron chi connectivity index (χ4n) is 4.04. The normalized spacial score (nSPS) is 15.0. The molecule has 0 saturated carbocycles. The highest BCUT2D eigenvalue weighted by Crippen LogP contribution is 2.40. The van der Waals surface area contributed by atoms with Crippen LogP contribution in [-0.2, 0) is 38.4 Å². The summed E-state index contributed by atoms with van der Waals surface area (Å²) >= 11 is 1.36. The number of rotatable bonds is 7. The molecule has 0 radical (unpaired) electrons. The number of anilines is 1. The van der Waals surface area contributed by atoms with Gasteiger partial charge in [0.1, 0.15) is 11.5 Å². The van der Waals surface area contributed by atoms with Gasteiger partial charge in [0.05, 0.1) is 28.9 Å². The summed E-state index contributed by atoms with van der Waals surface area (Å²) in [7, 11) is 0. The van der Waals surface area contributed by atoms with Gasteiger partial charge < -0.3 is 14.8 Å². The van der Waals surface area contributed by atoms with Crippen molar-refractivity contribution in [1.29, 1.82) is 0 Å². The van der Waals surface area contributed by atoms with Crippen molar-refractivity contribution in [1.82, 2.24) is 9.55 Å². The Hall–Kier alpha value is -3.53. The second-order valence-corrected chi connectivity index (χ2v) is 10.0. The summed E-state index contributed by atoms with van der Waals surface area (Å²) in [5.74, 6) is -1.30. The van der Waals surface area contributed by atoms with Gasteiger partial charge in [-0.1, -0.05) is 19.1 Å². The standard InChI is InChI=1S/C25H27N3O6S/c1-14(2)34-25(32)22-17-9-8-15(3)10-19(17)35-23(22)27-20(29)12-33-21(30)11-28-13-26-18-7-5-4-6-16(18)24(28)31/h4-7,13-15H,8-12H2,1-3H3,(H,27,29). The number of amides is 1. The van der Waals surface area contributed by atoms with E-state index in [0.29, 0.717) is 27.4 Å². The molecule has 1 unspecified atom stereocenters. The maximum atomic E-state index is 12.8. The van der Waals surface area contributed by atoms with Crippen molar-refractivity contribution >= 4 is 45.1 Å². The van der Waals surface area contributed by atoms with Crippen molar-refractivity contribution in [2.45, 2.75) is 52.7 Å². The summed E-state index contributed by atoms with van der Waals surface area (Å²) in [6.07, 6.45) is 3.52. The van der Waals surface area contributed by atoms with E-state index in [-0.39, 0.29) is 18.2 Å². The number of nitrogens with one attached hydrogen (secondary N) is 1. The molecule has 2 aromatic heterocycles. The minimum Gasteiger partial charge on any atom is -0.459 e. The Morgan fingerprint density at radius 3 is 2.80 bits per heavy atom. The summed E-state index contributed by atoms with van der Waals surface area (Å²) in [5.41, 5.74) is 1.47. The fourth-order valence-corrected chi connectivity index (χ4v) is 5.46. The lowest BCUT2D eigenvalue weighted by molar-refractivity contribution is -0.147. The van der Waals surface area contributed by atoms with Gasteiger partial charge in [0.15, 0.2) is 6.61 Å². The van der Waals surface area contributed by atoms with Crippen LogP contribution in [0.4, 0.5) is 5.00 Å². The van der Waals surface area contributed by atoms with Crippen molar-refractivity contribution in [3.63, 3.8) is 0 Å². The fraction of sp³-hybridized carbons (Fsp3) is 0.400. The number of para-hydroxylation sites is 1. The molecule has 1 N–H and O–H groups in total. The Labute approximate surface area is 206 Å². The maximum absolute atomic E-state index is 12.8. The van der Waals surface area contributed by atoms with Gasteiger partial charge in [0.2, 0.25) is 0 Å². The Kier molecular flexibility index (Phi) is 7.30. The number of carbonyl (C=O) groups is 3. The van der Waals surface area contributed by atoms with Gasteiger partial charge in [-0.3, -0.25) is 19.0 Å². The molecule has 0 saturated heterocycles. The monoisotopic (exact) mass is 497 g/mol. The van der Waals surface area contributed by atoms with E-state index in [1.54, 1.807) is 38.1 Å². The van der Waals surface area contributed by atoms with E-state index in [1.807, 2.05) is 0 Å². The van der Waals surface area contributed by atoms with Gasteiger partial charge in [0.25, 0.3) is 11.5 Å². The van der Waals surface area contributed by atoms with Crippen LogP contribution in [0.1, 0.15) is 48.0 Å². The van der Waals surface area contributed by atoms with Crippen LogP contribution in [0.15, 0.2) is 35.4 Å². The first-order valence-electron chi connectivity index (χ1n) is 11.5. The molecule has 1 amide bonds. The average molecular weight is 498 g/mol. The summed E-state index contributed by atoms with van der Waals surface area (Å²) in [6, 6.07) is 6.82. The zero-order chi connectivity index (χ0) is 25.1. The topological polar surface area (TPSA) is 117 Å². The number of ether oxygens (including phenoxy) is 2. The molecule has 0 fully saturated rings. The predicted molar refractivity (Wildman–Crippen MR) is 132 cm³/mol. The number of nitrogens with zero attached hydrogens (tertiary/aromatic N) is 2. The molecule has 3 aromatic rings. The van der Waals surface area contributed by atoms with Crippen LogP contribution in [0.25, 0.3) is 10.9 Å². The van der Waals surface area contributed by atoms with Gasteiger partial charge >= 0.3 is 11.9 Å². The zero-order valence-corrected chi connectivity index (χ0v) is 20.6. The highest BCUT2D eigenvalue weighted by molar-refractivity contribution is 7.17. The molecule has 2 heterocycles. The largest absolute Gasteiger partial charge is 0.459 e. The van der Waals surface area contributed by atoms with Gasteiger partial charge in [-0.15, -0.1) is 11.3 Å². The van der Waals surface area contributed by atoms with Gasteiger partial charge in [-0.2, -0.15) is 0 Å². The highest BCUT2D eigenvalue weighted by atomic mass is 32.1. The quantitative estimate of drug-likeness (QED) is 0.498. The molecule has 0 aliphatic heterocycles. The lowest BCUT2D eigenvalue weighted by atomic mass is 9.88. The number of esters is 2. The first kappa shape index (κ1) is 24.6. The minimum atomic E-state index is -0.752. The zero-order valence-electron chi connectivity index (χ0n) is 19.8. The molecule has 35 heavy (non-hydrogen) atoms. The molecule has 184 valence electrons. The number of benzene rings is 1. The Bertz CT molecular complexity index is 1340. The molecule has 10 heteroatoms. The lowest BCUT2D eigenvalue weighted by Crippen LogP contribution is -2.28. The summed E-state index contributed by atoms with van der Waals surface area (Å²) in [5, 5.41) is 3.51. The summed E-state index contributed by atoms with van der Waals surface area (Å²) < 4.78 is 11.6. The highest BCUT2D eigenvalue weighted by Gasteiger charge is 2.29. The van der Waals surface area contributed by atoms with Crippen LogP contribution in [0.2, 0.25) is 0 Å². The molecule has 1 atom stereocenters. The second kappa shape index (κ2) is 10.4. The summed E-state index contributed by atoms with van der Waals surface area (Å²) in [6.45, 7) is 4.77. The Balaban J connectivity index is 1.42. The van der Waals surface area contributed by atoms with E-state index in [2.05, 4.69) is 17.2 Å². The second-order valence-electron chi connectivity index (χ2n) is 8.91. The van der Waals surface area contributed by atoms with Crippen LogP contribution < -0.4 is 10.9 Å². The van der Waals surface area contributed by atoms with Crippen molar-refractivity contribution in [3.8, 4) is 0 Å². The first-order chi connectivity index (χ1) is 16.7. The maximum Gasteiger partial charge on any atom is 0.341 e. The third-order valence-corrected chi connectivity index (χ3v) is 6.88. The minimum absolute atomic E-state index is 0.293. The number of aromatic nitrogens is 2. The summed E-state index contributed by atoms with van der Waals surface area (Å²) in [4.78, 5) is 55.4. The van der Waals surface area contributed by atoms with Crippen LogP contribution in [0.5, 0.6) is 0 Å². The van der Waals surface area contributed by atoms with Crippen LogP contribution in [0.3, 0.4) is 0 Å². The van der Waals surface area contributed by atoms with Gasteiger partial charge in [-0.05, 0) is 56.7 Å². The van der Waals surface area contributed by atoms with Crippen LogP contribution in [-0.4, -0.2) is 40.1 Å². The molecular formula is C25H27N3O6S. The van der Waals surface area contributed by atoms with E-state index in [4.69, 9.17) is 9.47 Å². The molecule has 1 aromatic carbocycles. The number of hydrogen-bond acceptors (Lipinski definition) is 8. The first-order valence-corrected chi connectivity index (χ1v) is 12.3. The number of carbonyl (C=O) groups excluding carboxylic acids is 3.